The first-order valence-electron chi connectivity index (χ1n) is 9.91. The molecule has 1 fully saturated rings. The fourth-order valence-electron chi connectivity index (χ4n) is 2.88. The summed E-state index contributed by atoms with van der Waals surface area (Å²) < 4.78 is 5.43. The number of hydrogen-bond donors (Lipinski definition) is 1. The molecule has 0 atom stereocenters. The van der Waals surface area contributed by atoms with Crippen LogP contribution in [0.4, 0.5) is 10.5 Å². The van der Waals surface area contributed by atoms with Crippen LogP contribution >= 0.6 is 11.8 Å². The van der Waals surface area contributed by atoms with Crippen LogP contribution < -0.4 is 5.32 Å². The lowest BCUT2D eigenvalue weighted by molar-refractivity contribution is 0.0150. The number of carbonyl (C=O) groups excluding carboxylic acids is 1. The van der Waals surface area contributed by atoms with Crippen LogP contribution in [0.5, 0.6) is 0 Å². The van der Waals surface area contributed by atoms with Crippen LogP contribution in [0.25, 0.3) is 0 Å². The fourth-order valence-corrected chi connectivity index (χ4v) is 3.90. The molecule has 1 saturated heterocycles. The SMILES string of the molecule is CC(C)(C)OC(=O)N1CCN(CCSc2ccccc2NC(C#N)=C(C#N)C#N)CC1. The Kier molecular flexibility index (Phi) is 8.75. The van der Waals surface area contributed by atoms with Crippen LogP contribution in [-0.4, -0.2) is 60.0 Å². The first-order chi connectivity index (χ1) is 14.8. The predicted octanol–water partition coefficient (Wildman–Crippen LogP) is 3.57. The number of nitrogens with zero attached hydrogens (tertiary/aromatic N) is 5. The molecule has 31 heavy (non-hydrogen) atoms. The molecule has 9 heteroatoms. The topological polar surface area (TPSA) is 116 Å². The van der Waals surface area contributed by atoms with Crippen LogP contribution in [0.3, 0.4) is 0 Å². The van der Waals surface area contributed by atoms with Crippen LogP contribution in [-0.2, 0) is 4.74 Å². The summed E-state index contributed by atoms with van der Waals surface area (Å²) >= 11 is 1.63. The van der Waals surface area contributed by atoms with Crippen molar-refractivity contribution in [3.63, 3.8) is 0 Å². The summed E-state index contributed by atoms with van der Waals surface area (Å²) in [5.74, 6) is 0.820. The van der Waals surface area contributed by atoms with E-state index < -0.39 is 5.60 Å². The molecular formula is C22H26N6O2S. The van der Waals surface area contributed by atoms with Crippen molar-refractivity contribution in [3.8, 4) is 18.2 Å². The molecule has 1 heterocycles. The molecule has 0 unspecified atom stereocenters. The molecule has 8 nitrogen and oxygen atoms in total. The van der Waals surface area contributed by atoms with Crippen molar-refractivity contribution in [2.24, 2.45) is 0 Å². The van der Waals surface area contributed by atoms with Crippen LogP contribution in [0.15, 0.2) is 40.4 Å². The van der Waals surface area contributed by atoms with Crippen molar-refractivity contribution in [3.05, 3.63) is 35.5 Å². The van der Waals surface area contributed by atoms with Gasteiger partial charge in [0.25, 0.3) is 0 Å². The van der Waals surface area contributed by atoms with Crippen LogP contribution in [0.1, 0.15) is 20.8 Å². The van der Waals surface area contributed by atoms with Gasteiger partial charge in [0.15, 0.2) is 5.57 Å². The predicted molar refractivity (Wildman–Crippen MR) is 119 cm³/mol. The lowest BCUT2D eigenvalue weighted by atomic mass is 10.2. The lowest BCUT2D eigenvalue weighted by Gasteiger charge is -2.35. The van der Waals surface area contributed by atoms with Crippen LogP contribution in [0.2, 0.25) is 0 Å². The highest BCUT2D eigenvalue weighted by atomic mass is 32.2. The highest BCUT2D eigenvalue weighted by molar-refractivity contribution is 7.99. The second-order valence-corrected chi connectivity index (χ2v) is 9.00. The van der Waals surface area contributed by atoms with Gasteiger partial charge in [-0.2, -0.15) is 15.8 Å². The molecular weight excluding hydrogens is 412 g/mol. The fraction of sp³-hybridized carbons (Fsp3) is 0.455. The number of nitrogens with one attached hydrogen (secondary N) is 1. The summed E-state index contributed by atoms with van der Waals surface area (Å²) in [6.07, 6.45) is -0.267. The maximum Gasteiger partial charge on any atom is 0.410 e. The highest BCUT2D eigenvalue weighted by Gasteiger charge is 2.25. The molecule has 0 aromatic heterocycles. The number of carbonyl (C=O) groups is 1. The Morgan fingerprint density at radius 2 is 1.74 bits per heavy atom. The van der Waals surface area contributed by atoms with Gasteiger partial charge in [0.1, 0.15) is 29.5 Å². The van der Waals surface area contributed by atoms with Gasteiger partial charge in [-0.3, -0.25) is 4.90 Å². The Morgan fingerprint density at radius 1 is 1.10 bits per heavy atom. The second kappa shape index (κ2) is 11.3. The highest BCUT2D eigenvalue weighted by Crippen LogP contribution is 2.28. The lowest BCUT2D eigenvalue weighted by Crippen LogP contribution is -2.50. The summed E-state index contributed by atoms with van der Waals surface area (Å²) in [6, 6.07) is 12.8. The minimum Gasteiger partial charge on any atom is -0.444 e. The van der Waals surface area contributed by atoms with Gasteiger partial charge < -0.3 is 15.0 Å². The molecule has 0 radical (unpaired) electrons. The number of para-hydroxylation sites is 1. The number of rotatable bonds is 6. The van der Waals surface area contributed by atoms with Crippen molar-refractivity contribution in [2.45, 2.75) is 31.3 Å². The van der Waals surface area contributed by atoms with E-state index in [0.29, 0.717) is 18.8 Å². The van der Waals surface area contributed by atoms with E-state index in [4.69, 9.17) is 15.3 Å². The zero-order valence-electron chi connectivity index (χ0n) is 18.0. The Labute approximate surface area is 187 Å². The molecule has 1 amide bonds. The number of amides is 1. The van der Waals surface area contributed by atoms with E-state index in [2.05, 4.69) is 10.2 Å². The minimum atomic E-state index is -0.492. The number of allylic oxidation sites excluding steroid dienone is 2. The average molecular weight is 439 g/mol. The van der Waals surface area contributed by atoms with Crippen molar-refractivity contribution in [2.75, 3.05) is 43.8 Å². The third-order valence-electron chi connectivity index (χ3n) is 4.42. The Balaban J connectivity index is 1.88. The number of benzene rings is 1. The summed E-state index contributed by atoms with van der Waals surface area (Å²) in [5.41, 5.74) is -0.114. The van der Waals surface area contributed by atoms with E-state index in [-0.39, 0.29) is 17.4 Å². The van der Waals surface area contributed by atoms with Crippen molar-refractivity contribution in [1.82, 2.24) is 9.80 Å². The first kappa shape index (κ1) is 24.1. The number of hydrogen-bond acceptors (Lipinski definition) is 8. The molecule has 1 aromatic carbocycles. The van der Waals surface area contributed by atoms with Gasteiger partial charge in [0, 0.05) is 43.4 Å². The van der Waals surface area contributed by atoms with Gasteiger partial charge in [-0.05, 0) is 32.9 Å². The maximum atomic E-state index is 12.2. The molecule has 0 saturated carbocycles. The normalized spacial score (nSPS) is 14.0. The molecule has 1 aromatic rings. The van der Waals surface area contributed by atoms with Gasteiger partial charge in [-0.25, -0.2) is 4.79 Å². The molecule has 2 rings (SSSR count). The van der Waals surface area contributed by atoms with E-state index in [1.165, 1.54) is 0 Å². The Morgan fingerprint density at radius 3 is 2.32 bits per heavy atom. The third-order valence-corrected chi connectivity index (χ3v) is 5.47. The molecule has 1 N–H and O–H groups in total. The van der Waals surface area contributed by atoms with Gasteiger partial charge in [0.05, 0.1) is 5.69 Å². The summed E-state index contributed by atoms with van der Waals surface area (Å²) in [7, 11) is 0. The molecule has 0 spiro atoms. The zero-order valence-corrected chi connectivity index (χ0v) is 18.8. The van der Waals surface area contributed by atoms with E-state index in [1.54, 1.807) is 28.8 Å². The quantitative estimate of drug-likeness (QED) is 0.529. The largest absolute Gasteiger partial charge is 0.444 e. The summed E-state index contributed by atoms with van der Waals surface area (Å²) in [5, 5.41) is 30.2. The number of anilines is 1. The minimum absolute atomic E-state index is 0.0590. The van der Waals surface area contributed by atoms with Gasteiger partial charge in [0.2, 0.25) is 0 Å². The average Bonchev–Trinajstić information content (AvgIpc) is 2.74. The Bertz CT molecular complexity index is 924. The molecule has 162 valence electrons. The van der Waals surface area contributed by atoms with E-state index in [0.717, 1.165) is 30.3 Å². The van der Waals surface area contributed by atoms with Crippen molar-refractivity contribution >= 4 is 23.5 Å². The third kappa shape index (κ3) is 7.53. The monoisotopic (exact) mass is 438 g/mol. The zero-order chi connectivity index (χ0) is 22.9. The van der Waals surface area contributed by atoms with Crippen LogP contribution in [0, 0.1) is 34.0 Å². The maximum absolute atomic E-state index is 12.2. The molecule has 1 aliphatic heterocycles. The number of thioether (sulfide) groups is 1. The van der Waals surface area contributed by atoms with Gasteiger partial charge >= 0.3 is 6.09 Å². The number of ether oxygens (including phenoxy) is 1. The smallest absolute Gasteiger partial charge is 0.410 e. The molecule has 0 bridgehead atoms. The summed E-state index contributed by atoms with van der Waals surface area (Å²) in [4.78, 5) is 17.1. The van der Waals surface area contributed by atoms with Gasteiger partial charge in [-0.1, -0.05) is 12.1 Å². The Hall–Kier alpha value is -3.19. The standard InChI is InChI=1S/C22H26N6O2S/c1-22(2,3)30-21(29)28-10-8-27(9-11-28)12-13-31-20-7-5-4-6-18(20)26-19(16-25)17(14-23)15-24/h4-7,26H,8-13H2,1-3H3. The van der Waals surface area contributed by atoms with Crippen molar-refractivity contribution < 1.29 is 9.53 Å². The van der Waals surface area contributed by atoms with Crippen molar-refractivity contribution in [1.29, 1.82) is 15.8 Å². The van der Waals surface area contributed by atoms with E-state index >= 15 is 0 Å². The molecule has 0 aliphatic carbocycles. The first-order valence-corrected chi connectivity index (χ1v) is 10.9. The van der Waals surface area contributed by atoms with E-state index in [9.17, 15) is 10.1 Å². The molecule has 1 aliphatic rings. The number of piperazine rings is 1. The summed E-state index contributed by atoms with van der Waals surface area (Å²) in [6.45, 7) is 9.29. The van der Waals surface area contributed by atoms with Gasteiger partial charge in [-0.15, -0.1) is 11.8 Å². The van der Waals surface area contributed by atoms with E-state index in [1.807, 2.05) is 51.1 Å². The number of nitriles is 3. The second-order valence-electron chi connectivity index (χ2n) is 7.86.